The zero-order valence-corrected chi connectivity index (χ0v) is 11.3. The molecule has 0 spiro atoms. The lowest BCUT2D eigenvalue weighted by molar-refractivity contribution is 0.0953. The van der Waals surface area contributed by atoms with Gasteiger partial charge in [0.1, 0.15) is 5.69 Å². The Labute approximate surface area is 113 Å². The molecule has 5 heteroatoms. The van der Waals surface area contributed by atoms with E-state index >= 15 is 0 Å². The SMILES string of the molecule is C=CCNC(=O)c1ccc(N2CCN(C)CC2)cn1. The maximum absolute atomic E-state index is 11.7. The fraction of sp³-hybridized carbons (Fsp3) is 0.429. The van der Waals surface area contributed by atoms with Gasteiger partial charge in [-0.1, -0.05) is 6.08 Å². The Balaban J connectivity index is 1.98. The zero-order valence-electron chi connectivity index (χ0n) is 11.3. The number of hydrogen-bond donors (Lipinski definition) is 1. The quantitative estimate of drug-likeness (QED) is 0.812. The average molecular weight is 260 g/mol. The summed E-state index contributed by atoms with van der Waals surface area (Å²) in [6.07, 6.45) is 3.42. The van der Waals surface area contributed by atoms with E-state index in [9.17, 15) is 4.79 Å². The second kappa shape index (κ2) is 6.33. The third-order valence-corrected chi connectivity index (χ3v) is 3.26. The van der Waals surface area contributed by atoms with Gasteiger partial charge in [0.15, 0.2) is 0 Å². The minimum absolute atomic E-state index is 0.162. The molecule has 1 aliphatic rings. The number of carbonyl (C=O) groups excluding carboxylic acids is 1. The highest BCUT2D eigenvalue weighted by Crippen LogP contribution is 2.15. The van der Waals surface area contributed by atoms with Crippen LogP contribution >= 0.6 is 0 Å². The number of likely N-dealkylation sites (N-methyl/N-ethyl adjacent to an activating group) is 1. The molecule has 0 aliphatic carbocycles. The number of pyridine rings is 1. The molecule has 1 N–H and O–H groups in total. The lowest BCUT2D eigenvalue weighted by Crippen LogP contribution is -2.44. The van der Waals surface area contributed by atoms with E-state index in [0.29, 0.717) is 12.2 Å². The Bertz CT molecular complexity index is 435. The zero-order chi connectivity index (χ0) is 13.7. The van der Waals surface area contributed by atoms with Crippen molar-refractivity contribution in [1.29, 1.82) is 0 Å². The van der Waals surface area contributed by atoms with Gasteiger partial charge in [-0.05, 0) is 19.2 Å². The number of nitrogens with zero attached hydrogens (tertiary/aromatic N) is 3. The summed E-state index contributed by atoms with van der Waals surface area (Å²) in [4.78, 5) is 20.5. The predicted molar refractivity (Wildman–Crippen MR) is 76.5 cm³/mol. The van der Waals surface area contributed by atoms with Gasteiger partial charge in [-0.25, -0.2) is 4.98 Å². The maximum Gasteiger partial charge on any atom is 0.270 e. The minimum Gasteiger partial charge on any atom is -0.368 e. The Morgan fingerprint density at radius 2 is 2.16 bits per heavy atom. The molecule has 1 amide bonds. The van der Waals surface area contributed by atoms with Gasteiger partial charge in [0.05, 0.1) is 11.9 Å². The molecular weight excluding hydrogens is 240 g/mol. The van der Waals surface area contributed by atoms with Crippen molar-refractivity contribution in [2.75, 3.05) is 44.7 Å². The molecule has 1 saturated heterocycles. The van der Waals surface area contributed by atoms with Crippen LogP contribution in [0.1, 0.15) is 10.5 Å². The van der Waals surface area contributed by atoms with Crippen LogP contribution in [-0.2, 0) is 0 Å². The largest absolute Gasteiger partial charge is 0.368 e. The molecule has 2 heterocycles. The van der Waals surface area contributed by atoms with Crippen molar-refractivity contribution < 1.29 is 4.79 Å². The third kappa shape index (κ3) is 3.54. The van der Waals surface area contributed by atoms with Crippen LogP contribution in [0.3, 0.4) is 0 Å². The van der Waals surface area contributed by atoms with Crippen molar-refractivity contribution in [2.24, 2.45) is 0 Å². The molecule has 102 valence electrons. The van der Waals surface area contributed by atoms with Gasteiger partial charge in [0.2, 0.25) is 0 Å². The van der Waals surface area contributed by atoms with Crippen LogP contribution in [-0.4, -0.2) is 55.6 Å². The number of nitrogens with one attached hydrogen (secondary N) is 1. The number of carbonyl (C=O) groups is 1. The Morgan fingerprint density at radius 1 is 1.42 bits per heavy atom. The number of anilines is 1. The molecule has 2 rings (SSSR count). The van der Waals surface area contributed by atoms with Crippen LogP contribution in [0.25, 0.3) is 0 Å². The first-order valence-electron chi connectivity index (χ1n) is 6.49. The van der Waals surface area contributed by atoms with Crippen molar-refractivity contribution in [2.45, 2.75) is 0 Å². The van der Waals surface area contributed by atoms with Gasteiger partial charge < -0.3 is 15.1 Å². The fourth-order valence-electron chi connectivity index (χ4n) is 2.03. The molecule has 1 aromatic heterocycles. The van der Waals surface area contributed by atoms with Crippen LogP contribution in [0.2, 0.25) is 0 Å². The highest BCUT2D eigenvalue weighted by molar-refractivity contribution is 5.92. The van der Waals surface area contributed by atoms with Crippen molar-refractivity contribution >= 4 is 11.6 Å². The monoisotopic (exact) mass is 260 g/mol. The van der Waals surface area contributed by atoms with Gasteiger partial charge in [-0.15, -0.1) is 6.58 Å². The topological polar surface area (TPSA) is 48.5 Å². The van der Waals surface area contributed by atoms with Crippen LogP contribution in [0.15, 0.2) is 31.0 Å². The Kier molecular flexibility index (Phi) is 4.52. The van der Waals surface area contributed by atoms with Crippen LogP contribution in [0.5, 0.6) is 0 Å². The number of piperazine rings is 1. The molecule has 0 aromatic carbocycles. The lowest BCUT2D eigenvalue weighted by atomic mass is 10.2. The number of amides is 1. The Hall–Kier alpha value is -1.88. The van der Waals surface area contributed by atoms with Gasteiger partial charge >= 0.3 is 0 Å². The van der Waals surface area contributed by atoms with Crippen molar-refractivity contribution in [3.8, 4) is 0 Å². The average Bonchev–Trinajstić information content (AvgIpc) is 2.46. The fourth-order valence-corrected chi connectivity index (χ4v) is 2.03. The molecule has 19 heavy (non-hydrogen) atoms. The van der Waals surface area contributed by atoms with Crippen molar-refractivity contribution in [3.05, 3.63) is 36.7 Å². The van der Waals surface area contributed by atoms with Crippen LogP contribution in [0.4, 0.5) is 5.69 Å². The summed E-state index contributed by atoms with van der Waals surface area (Å²) in [5, 5.41) is 2.71. The van der Waals surface area contributed by atoms with E-state index in [0.717, 1.165) is 31.9 Å². The summed E-state index contributed by atoms with van der Waals surface area (Å²) in [6, 6.07) is 3.73. The summed E-state index contributed by atoms with van der Waals surface area (Å²) in [5.74, 6) is -0.162. The normalized spacial score (nSPS) is 16.2. The first-order valence-corrected chi connectivity index (χ1v) is 6.49. The van der Waals surface area contributed by atoms with Crippen LogP contribution in [0, 0.1) is 0 Å². The van der Waals surface area contributed by atoms with Crippen LogP contribution < -0.4 is 10.2 Å². The van der Waals surface area contributed by atoms with E-state index in [-0.39, 0.29) is 5.91 Å². The highest BCUT2D eigenvalue weighted by Gasteiger charge is 2.15. The summed E-state index contributed by atoms with van der Waals surface area (Å²) in [5.41, 5.74) is 1.52. The lowest BCUT2D eigenvalue weighted by Gasteiger charge is -2.33. The van der Waals surface area contributed by atoms with E-state index in [2.05, 4.69) is 33.7 Å². The van der Waals surface area contributed by atoms with Gasteiger partial charge in [0, 0.05) is 32.7 Å². The van der Waals surface area contributed by atoms with E-state index in [1.165, 1.54) is 0 Å². The first kappa shape index (κ1) is 13.5. The molecule has 1 aromatic rings. The van der Waals surface area contributed by atoms with Crippen molar-refractivity contribution in [3.63, 3.8) is 0 Å². The molecular formula is C14H20N4O. The van der Waals surface area contributed by atoms with E-state index in [4.69, 9.17) is 0 Å². The summed E-state index contributed by atoms with van der Waals surface area (Å²) in [7, 11) is 2.13. The van der Waals surface area contributed by atoms with Gasteiger partial charge in [-0.3, -0.25) is 4.79 Å². The van der Waals surface area contributed by atoms with E-state index < -0.39 is 0 Å². The third-order valence-electron chi connectivity index (χ3n) is 3.26. The second-order valence-electron chi connectivity index (χ2n) is 4.69. The smallest absolute Gasteiger partial charge is 0.270 e. The molecule has 0 radical (unpaired) electrons. The molecule has 1 aliphatic heterocycles. The standard InChI is InChI=1S/C14H20N4O/c1-3-6-15-14(19)13-5-4-12(11-16-13)18-9-7-17(2)8-10-18/h3-5,11H,1,6-10H2,2H3,(H,15,19). The molecule has 1 fully saturated rings. The van der Waals surface area contributed by atoms with E-state index in [1.807, 2.05) is 6.07 Å². The van der Waals surface area contributed by atoms with E-state index in [1.54, 1.807) is 18.3 Å². The molecule has 0 bridgehead atoms. The van der Waals surface area contributed by atoms with Gasteiger partial charge in [-0.2, -0.15) is 0 Å². The molecule has 0 unspecified atom stereocenters. The number of aromatic nitrogens is 1. The maximum atomic E-state index is 11.7. The first-order chi connectivity index (χ1) is 9.20. The summed E-state index contributed by atoms with van der Waals surface area (Å²) >= 11 is 0. The molecule has 0 atom stereocenters. The second-order valence-corrected chi connectivity index (χ2v) is 4.69. The molecule has 0 saturated carbocycles. The summed E-state index contributed by atoms with van der Waals surface area (Å²) in [6.45, 7) is 8.14. The highest BCUT2D eigenvalue weighted by atomic mass is 16.1. The van der Waals surface area contributed by atoms with Gasteiger partial charge in [0.25, 0.3) is 5.91 Å². The Morgan fingerprint density at radius 3 is 2.74 bits per heavy atom. The number of hydrogen-bond acceptors (Lipinski definition) is 4. The number of rotatable bonds is 4. The molecule has 5 nitrogen and oxygen atoms in total. The minimum atomic E-state index is -0.162. The summed E-state index contributed by atoms with van der Waals surface area (Å²) < 4.78 is 0. The predicted octanol–water partition coefficient (Wildman–Crippen LogP) is 0.749. The van der Waals surface area contributed by atoms with Crippen molar-refractivity contribution in [1.82, 2.24) is 15.2 Å².